The van der Waals surface area contributed by atoms with Crippen LogP contribution in [0.1, 0.15) is 61.8 Å². The fourth-order valence-electron chi connectivity index (χ4n) is 6.43. The van der Waals surface area contributed by atoms with E-state index in [-0.39, 0.29) is 24.8 Å². The van der Waals surface area contributed by atoms with Crippen LogP contribution in [-0.2, 0) is 29.5 Å². The van der Waals surface area contributed by atoms with Gasteiger partial charge in [0.15, 0.2) is 0 Å². The van der Waals surface area contributed by atoms with E-state index in [0.29, 0.717) is 6.25 Å². The van der Waals surface area contributed by atoms with Gasteiger partial charge in [0.25, 0.3) is 0 Å². The first-order valence-corrected chi connectivity index (χ1v) is 12.0. The summed E-state index contributed by atoms with van der Waals surface area (Å²) in [7, 11) is 0. The van der Waals surface area contributed by atoms with Gasteiger partial charge in [0, 0.05) is 0 Å². The molecule has 2 heterocycles. The average molecular weight is 473 g/mol. The molecule has 136 valence electrons. The van der Waals surface area contributed by atoms with Crippen LogP contribution in [0.25, 0.3) is 11.1 Å². The van der Waals surface area contributed by atoms with Gasteiger partial charge in [0.1, 0.15) is 0 Å². The second-order valence-corrected chi connectivity index (χ2v) is 13.0. The number of hydrogen-bond donors (Lipinski definition) is 0. The van der Waals surface area contributed by atoms with Crippen LogP contribution in [0, 0.1) is 0 Å². The summed E-state index contributed by atoms with van der Waals surface area (Å²) in [5.41, 5.74) is 13.5. The average Bonchev–Trinajstić information content (AvgIpc) is 3.03. The number of benzene rings is 2. The zero-order chi connectivity index (χ0) is 16.8. The molecule has 0 radical (unpaired) electrons. The predicted octanol–water partition coefficient (Wildman–Crippen LogP) is 0.0297. The molecule has 2 aliphatic heterocycles. The summed E-state index contributed by atoms with van der Waals surface area (Å²) in [5.74, 6) is 0. The molecule has 2 aliphatic carbocycles. The summed E-state index contributed by atoms with van der Waals surface area (Å²) >= 11 is -0.715. The zero-order valence-corrected chi connectivity index (χ0v) is 19.7. The summed E-state index contributed by atoms with van der Waals surface area (Å²) in [6, 6.07) is 18.7. The van der Waals surface area contributed by atoms with Crippen molar-refractivity contribution < 1.29 is 48.0 Å². The maximum atomic E-state index is 2.47. The van der Waals surface area contributed by atoms with Gasteiger partial charge in [-0.3, -0.25) is 0 Å². The van der Waals surface area contributed by atoms with Crippen LogP contribution in [0.15, 0.2) is 59.7 Å². The molecule has 0 amide bonds. The summed E-state index contributed by atoms with van der Waals surface area (Å²) in [6.07, 6.45) is 5.38. The summed E-state index contributed by atoms with van der Waals surface area (Å²) < 4.78 is 0.951. The molecule has 2 spiro atoms. The number of rotatable bonds is 0. The molecular weight excluding hydrogens is 450 g/mol. The summed E-state index contributed by atoms with van der Waals surface area (Å²) in [4.78, 5) is 0. The zero-order valence-electron chi connectivity index (χ0n) is 15.7. The van der Waals surface area contributed by atoms with E-state index in [4.69, 9.17) is 0 Å². The van der Waals surface area contributed by atoms with Crippen LogP contribution in [0.3, 0.4) is 0 Å². The number of fused-ring (bicyclic) bond motifs is 2. The molecule has 2 aromatic carbocycles. The predicted molar refractivity (Wildman–Crippen MR) is 99.9 cm³/mol. The Hall–Kier alpha value is -0.617. The topological polar surface area (TPSA) is 0 Å². The quantitative estimate of drug-likeness (QED) is 0.508. The third-order valence-corrected chi connectivity index (χ3v) is 13.6. The Kier molecular flexibility index (Phi) is 4.70. The minimum absolute atomic E-state index is 0. The Bertz CT molecular complexity index is 937. The number of allylic oxidation sites excluding steroid dienone is 4. The van der Waals surface area contributed by atoms with E-state index in [0.717, 1.165) is 0 Å². The molecule has 27 heavy (non-hydrogen) atoms. The van der Waals surface area contributed by atoms with Crippen molar-refractivity contribution in [3.63, 3.8) is 0 Å². The van der Waals surface area contributed by atoms with Gasteiger partial charge < -0.3 is 24.8 Å². The fourth-order valence-corrected chi connectivity index (χ4v) is 13.5. The van der Waals surface area contributed by atoms with Crippen LogP contribution in [0.4, 0.5) is 0 Å². The monoisotopic (exact) mass is 470 g/mol. The Morgan fingerprint density at radius 3 is 1.52 bits per heavy atom. The van der Waals surface area contributed by atoms with Crippen molar-refractivity contribution in [1.29, 1.82) is 0 Å². The van der Waals surface area contributed by atoms with Crippen molar-refractivity contribution in [2.24, 2.45) is 0 Å². The van der Waals surface area contributed by atoms with Gasteiger partial charge in [-0.15, -0.1) is 0 Å². The van der Waals surface area contributed by atoms with Crippen molar-refractivity contribution in [1.82, 2.24) is 0 Å². The minimum Gasteiger partial charge on any atom is -1.00 e. The van der Waals surface area contributed by atoms with E-state index < -0.39 is 23.2 Å². The Morgan fingerprint density at radius 2 is 1.07 bits per heavy atom. The normalized spacial score (nSPS) is 28.7. The maximum absolute atomic E-state index is 2.47. The van der Waals surface area contributed by atoms with Crippen LogP contribution in [-0.4, -0.2) is 0 Å². The largest absolute Gasteiger partial charge is 1.00 e. The first-order valence-electron chi connectivity index (χ1n) is 9.57. The van der Waals surface area contributed by atoms with Gasteiger partial charge in [0.05, 0.1) is 0 Å². The molecular formula is C24H22Cl2Zr. The fraction of sp³-hybridized carbons (Fsp3) is 0.333. The standard InChI is InChI=1S/C24H22.2ClH.Zr/c1-15-17-7-3-5-9-21(17)23-14-12-20-16(2)18-8-4-6-10-22(18)24(20)13-11-19(15)23;;;/h3-10H,11-14H2,1-2H3;2*1H;/q;;;+2/p-2. The number of halogens is 2. The van der Waals surface area contributed by atoms with Crippen molar-refractivity contribution >= 4 is 11.1 Å². The van der Waals surface area contributed by atoms with Crippen LogP contribution >= 0.6 is 0 Å². The van der Waals surface area contributed by atoms with Crippen molar-refractivity contribution in [2.45, 2.75) is 45.8 Å². The molecule has 0 aromatic heterocycles. The molecule has 2 aromatic rings. The molecule has 6 rings (SSSR count). The molecule has 2 fully saturated rings. The molecule has 0 nitrogen and oxygen atoms in total. The Morgan fingerprint density at radius 1 is 0.667 bits per heavy atom. The van der Waals surface area contributed by atoms with E-state index >= 15 is 0 Å². The van der Waals surface area contributed by atoms with Crippen LogP contribution < -0.4 is 24.8 Å². The van der Waals surface area contributed by atoms with E-state index in [1.165, 1.54) is 25.7 Å². The Labute approximate surface area is 185 Å². The maximum Gasteiger partial charge on any atom is -1.00 e. The molecule has 0 N–H and O–H groups in total. The van der Waals surface area contributed by atoms with Crippen molar-refractivity contribution in [3.05, 3.63) is 81.9 Å². The van der Waals surface area contributed by atoms with E-state index in [2.05, 4.69) is 62.4 Å². The second-order valence-electron chi connectivity index (χ2n) is 8.23. The van der Waals surface area contributed by atoms with E-state index in [1.54, 1.807) is 33.4 Å². The molecule has 2 unspecified atom stereocenters. The minimum atomic E-state index is -0.715. The van der Waals surface area contributed by atoms with Gasteiger partial charge >= 0.3 is 162 Å². The molecule has 2 saturated heterocycles. The smallest absolute Gasteiger partial charge is 1.00 e. The first-order chi connectivity index (χ1) is 12.2. The summed E-state index contributed by atoms with van der Waals surface area (Å²) in [5, 5.41) is 0. The van der Waals surface area contributed by atoms with Gasteiger partial charge in [-0.1, -0.05) is 0 Å². The first kappa shape index (κ1) is 19.7. The van der Waals surface area contributed by atoms with Gasteiger partial charge in [-0.25, -0.2) is 0 Å². The molecule has 2 atom stereocenters. The van der Waals surface area contributed by atoms with Gasteiger partial charge in [0.2, 0.25) is 0 Å². The van der Waals surface area contributed by atoms with Crippen LogP contribution in [0.5, 0.6) is 0 Å². The van der Waals surface area contributed by atoms with Gasteiger partial charge in [-0.05, 0) is 0 Å². The third-order valence-electron chi connectivity index (χ3n) is 7.44. The van der Waals surface area contributed by atoms with Crippen molar-refractivity contribution in [3.8, 4) is 0 Å². The third kappa shape index (κ3) is 2.20. The van der Waals surface area contributed by atoms with E-state index in [9.17, 15) is 0 Å². The second kappa shape index (κ2) is 6.45. The molecule has 4 aliphatic rings. The number of hydrogen-bond acceptors (Lipinski definition) is 0. The van der Waals surface area contributed by atoms with Crippen LogP contribution in [0.2, 0.25) is 0 Å². The summed E-state index contributed by atoms with van der Waals surface area (Å²) in [6.45, 7) is 4.80. The van der Waals surface area contributed by atoms with E-state index in [1.807, 2.05) is 11.1 Å². The van der Waals surface area contributed by atoms with Gasteiger partial charge in [-0.2, -0.15) is 0 Å². The molecule has 3 heteroatoms. The molecule has 2 bridgehead atoms. The Balaban J connectivity index is 0.000000900. The SMILES string of the molecule is CC1=C2CC[C]34[Zr+2][C]2(CCC3=C(C)c2ccccc24)c2ccccc21.[Cl-].[Cl-]. The molecule has 0 saturated carbocycles. The van der Waals surface area contributed by atoms with Crippen molar-refractivity contribution in [2.75, 3.05) is 0 Å².